The largest absolute Gasteiger partial charge is 0.358 e. The monoisotopic (exact) mass is 265 g/mol. The molecule has 1 rings (SSSR count). The minimum atomic E-state index is -0.0949. The van der Waals surface area contributed by atoms with Gasteiger partial charge in [-0.2, -0.15) is 0 Å². The van der Waals surface area contributed by atoms with Crippen molar-refractivity contribution in [1.29, 1.82) is 0 Å². The second kappa shape index (κ2) is 5.82. The van der Waals surface area contributed by atoms with Gasteiger partial charge in [-0.15, -0.1) is 0 Å². The summed E-state index contributed by atoms with van der Waals surface area (Å²) in [5, 5.41) is 9.52. The Morgan fingerprint density at radius 2 is 1.72 bits per heavy atom. The van der Waals surface area contributed by atoms with Crippen LogP contribution in [0.2, 0.25) is 0 Å². The summed E-state index contributed by atoms with van der Waals surface area (Å²) in [5.74, 6) is -0.0949. The Labute approximate surface area is 113 Å². The van der Waals surface area contributed by atoms with Crippen molar-refractivity contribution in [2.45, 2.75) is 33.2 Å². The molecule has 1 aromatic carbocycles. The van der Waals surface area contributed by atoms with Gasteiger partial charge in [0.25, 0.3) is 0 Å². The van der Waals surface area contributed by atoms with Gasteiger partial charge in [0.1, 0.15) is 0 Å². The van der Waals surface area contributed by atoms with Gasteiger partial charge in [-0.3, -0.25) is 4.79 Å². The molecule has 0 unspecified atom stereocenters. The summed E-state index contributed by atoms with van der Waals surface area (Å²) < 4.78 is 0. The van der Waals surface area contributed by atoms with E-state index in [1.807, 2.05) is 45.0 Å². The van der Waals surface area contributed by atoms with E-state index in [1.54, 1.807) is 0 Å². The molecule has 1 amide bonds. The fourth-order valence-corrected chi connectivity index (χ4v) is 1.80. The number of hydrogen-bond donors (Lipinski definition) is 3. The first-order chi connectivity index (χ1) is 8.26. The van der Waals surface area contributed by atoms with Gasteiger partial charge in [-0.25, -0.2) is 0 Å². The van der Waals surface area contributed by atoms with Gasteiger partial charge in [-0.05, 0) is 51.2 Å². The first kappa shape index (κ1) is 14.4. The van der Waals surface area contributed by atoms with Crippen molar-refractivity contribution in [3.63, 3.8) is 0 Å². The molecule has 3 N–H and O–H groups in total. The molecular weight excluding hydrogens is 246 g/mol. The topological polar surface area (TPSA) is 53.2 Å². The Bertz CT molecular complexity index is 452. The molecule has 0 saturated carbocycles. The molecule has 0 radical (unpaired) electrons. The number of benzene rings is 1. The quantitative estimate of drug-likeness (QED) is 0.720. The van der Waals surface area contributed by atoms with Gasteiger partial charge < -0.3 is 16.0 Å². The van der Waals surface area contributed by atoms with Crippen molar-refractivity contribution in [2.24, 2.45) is 0 Å². The molecule has 0 atom stereocenters. The second-order valence-electron chi connectivity index (χ2n) is 5.09. The van der Waals surface area contributed by atoms with Gasteiger partial charge in [0, 0.05) is 23.8 Å². The maximum Gasteiger partial charge on any atom is 0.221 e. The number of amides is 1. The van der Waals surface area contributed by atoms with Crippen molar-refractivity contribution in [3.8, 4) is 0 Å². The van der Waals surface area contributed by atoms with Gasteiger partial charge in [0.15, 0.2) is 5.11 Å². The van der Waals surface area contributed by atoms with E-state index in [9.17, 15) is 4.79 Å². The molecule has 0 aliphatic rings. The lowest BCUT2D eigenvalue weighted by Gasteiger charge is -2.23. The van der Waals surface area contributed by atoms with Crippen LogP contribution in [-0.4, -0.2) is 16.6 Å². The third-order valence-electron chi connectivity index (χ3n) is 1.93. The standard InChI is InChI=1S/C13H19N3OS/c1-9(17)14-10-6-5-7-11(8-10)15-12(18)16-13(2,3)4/h5-8H,1-4H3,(H,14,17)(H2,15,16,18). The third-order valence-corrected chi connectivity index (χ3v) is 2.13. The van der Waals surface area contributed by atoms with Gasteiger partial charge in [0.2, 0.25) is 5.91 Å². The summed E-state index contributed by atoms with van der Waals surface area (Å²) >= 11 is 5.21. The zero-order valence-electron chi connectivity index (χ0n) is 11.1. The van der Waals surface area contributed by atoms with Gasteiger partial charge in [0.05, 0.1) is 0 Å². The Morgan fingerprint density at radius 3 is 2.22 bits per heavy atom. The second-order valence-corrected chi connectivity index (χ2v) is 5.50. The smallest absolute Gasteiger partial charge is 0.221 e. The summed E-state index contributed by atoms with van der Waals surface area (Å²) in [4.78, 5) is 11.0. The molecule has 98 valence electrons. The van der Waals surface area contributed by atoms with Crippen LogP contribution in [0.15, 0.2) is 24.3 Å². The van der Waals surface area contributed by atoms with Crippen LogP contribution >= 0.6 is 12.2 Å². The van der Waals surface area contributed by atoms with Crippen LogP contribution in [0.5, 0.6) is 0 Å². The fraction of sp³-hybridized carbons (Fsp3) is 0.385. The number of thiocarbonyl (C=S) groups is 1. The molecule has 0 heterocycles. The predicted molar refractivity (Wildman–Crippen MR) is 79.9 cm³/mol. The first-order valence-electron chi connectivity index (χ1n) is 5.73. The summed E-state index contributed by atoms with van der Waals surface area (Å²) in [6.07, 6.45) is 0. The van der Waals surface area contributed by atoms with E-state index < -0.39 is 0 Å². The van der Waals surface area contributed by atoms with Crippen LogP contribution in [0, 0.1) is 0 Å². The SMILES string of the molecule is CC(=O)Nc1cccc(NC(=S)NC(C)(C)C)c1. The number of rotatable bonds is 2. The molecule has 0 aromatic heterocycles. The number of nitrogens with one attached hydrogen (secondary N) is 3. The molecule has 0 spiro atoms. The summed E-state index contributed by atoms with van der Waals surface area (Å²) in [5.41, 5.74) is 1.49. The van der Waals surface area contributed by atoms with E-state index in [-0.39, 0.29) is 11.4 Å². The van der Waals surface area contributed by atoms with Crippen molar-refractivity contribution in [1.82, 2.24) is 5.32 Å². The van der Waals surface area contributed by atoms with Crippen LogP contribution in [0.4, 0.5) is 11.4 Å². The van der Waals surface area contributed by atoms with E-state index in [2.05, 4.69) is 16.0 Å². The van der Waals surface area contributed by atoms with E-state index >= 15 is 0 Å². The zero-order chi connectivity index (χ0) is 13.8. The summed E-state index contributed by atoms with van der Waals surface area (Å²) in [6, 6.07) is 7.40. The average Bonchev–Trinajstić information content (AvgIpc) is 2.13. The molecule has 1 aromatic rings. The van der Waals surface area contributed by atoms with Crippen molar-refractivity contribution < 1.29 is 4.79 Å². The number of anilines is 2. The van der Waals surface area contributed by atoms with Crippen molar-refractivity contribution in [2.75, 3.05) is 10.6 Å². The van der Waals surface area contributed by atoms with Crippen LogP contribution in [0.1, 0.15) is 27.7 Å². The average molecular weight is 265 g/mol. The maximum absolute atomic E-state index is 11.0. The van der Waals surface area contributed by atoms with Gasteiger partial charge >= 0.3 is 0 Å². The predicted octanol–water partition coefficient (Wildman–Crippen LogP) is 2.73. The lowest BCUT2D eigenvalue weighted by molar-refractivity contribution is -0.114. The Morgan fingerprint density at radius 1 is 1.17 bits per heavy atom. The van der Waals surface area contributed by atoms with E-state index in [0.29, 0.717) is 5.11 Å². The highest BCUT2D eigenvalue weighted by Gasteiger charge is 2.10. The lowest BCUT2D eigenvalue weighted by Crippen LogP contribution is -2.42. The molecular formula is C13H19N3OS. The fourth-order valence-electron chi connectivity index (χ4n) is 1.38. The molecule has 4 nitrogen and oxygen atoms in total. The molecule has 0 fully saturated rings. The molecule has 0 saturated heterocycles. The van der Waals surface area contributed by atoms with Crippen LogP contribution in [0.3, 0.4) is 0 Å². The number of hydrogen-bond acceptors (Lipinski definition) is 2. The molecule has 0 aliphatic heterocycles. The highest BCUT2D eigenvalue weighted by atomic mass is 32.1. The lowest BCUT2D eigenvalue weighted by atomic mass is 10.1. The highest BCUT2D eigenvalue weighted by molar-refractivity contribution is 7.80. The van der Waals surface area contributed by atoms with Crippen LogP contribution in [-0.2, 0) is 4.79 Å². The third kappa shape index (κ3) is 5.63. The zero-order valence-corrected chi connectivity index (χ0v) is 11.9. The minimum Gasteiger partial charge on any atom is -0.358 e. The maximum atomic E-state index is 11.0. The van der Waals surface area contributed by atoms with E-state index in [0.717, 1.165) is 11.4 Å². The summed E-state index contributed by atoms with van der Waals surface area (Å²) in [6.45, 7) is 7.59. The first-order valence-corrected chi connectivity index (χ1v) is 6.14. The molecule has 5 heteroatoms. The highest BCUT2D eigenvalue weighted by Crippen LogP contribution is 2.15. The molecule has 18 heavy (non-hydrogen) atoms. The number of carbonyl (C=O) groups excluding carboxylic acids is 1. The molecule has 0 bridgehead atoms. The van der Waals surface area contributed by atoms with Crippen LogP contribution in [0.25, 0.3) is 0 Å². The van der Waals surface area contributed by atoms with E-state index in [1.165, 1.54) is 6.92 Å². The van der Waals surface area contributed by atoms with Crippen molar-refractivity contribution >= 4 is 34.6 Å². The van der Waals surface area contributed by atoms with E-state index in [4.69, 9.17) is 12.2 Å². The Hall–Kier alpha value is -1.62. The normalized spacial score (nSPS) is 10.7. The summed E-state index contributed by atoms with van der Waals surface area (Å²) in [7, 11) is 0. The van der Waals surface area contributed by atoms with Crippen molar-refractivity contribution in [3.05, 3.63) is 24.3 Å². The van der Waals surface area contributed by atoms with Crippen LogP contribution < -0.4 is 16.0 Å². The Balaban J connectivity index is 2.67. The Kier molecular flexibility index (Phi) is 4.67. The van der Waals surface area contributed by atoms with Gasteiger partial charge in [-0.1, -0.05) is 6.07 Å². The molecule has 0 aliphatic carbocycles. The minimum absolute atomic E-state index is 0.0840. The number of carbonyl (C=O) groups is 1.